The van der Waals surface area contributed by atoms with Crippen molar-refractivity contribution < 1.29 is 9.47 Å². The van der Waals surface area contributed by atoms with Crippen LogP contribution in [0, 0.1) is 12.8 Å². The standard InChI is InChI=1S/C15H22O2/c1-4-16-15-9-14(10-17-15)12(3)13-7-5-11(2)6-8-13/h5-8,12,14-15H,4,9-10H2,1-3H3. The lowest BCUT2D eigenvalue weighted by Crippen LogP contribution is -2.12. The lowest BCUT2D eigenvalue weighted by Gasteiger charge is -2.18. The molecule has 1 aliphatic heterocycles. The van der Waals surface area contributed by atoms with E-state index >= 15 is 0 Å². The first-order chi connectivity index (χ1) is 8.20. The fourth-order valence-corrected chi connectivity index (χ4v) is 2.41. The third-order valence-electron chi connectivity index (χ3n) is 3.65. The van der Waals surface area contributed by atoms with E-state index in [9.17, 15) is 0 Å². The fraction of sp³-hybridized carbons (Fsp3) is 0.600. The summed E-state index contributed by atoms with van der Waals surface area (Å²) in [5, 5.41) is 0. The molecule has 0 amide bonds. The summed E-state index contributed by atoms with van der Waals surface area (Å²) in [4.78, 5) is 0. The van der Waals surface area contributed by atoms with Crippen LogP contribution in [0.2, 0.25) is 0 Å². The second kappa shape index (κ2) is 5.65. The Morgan fingerprint density at radius 3 is 2.71 bits per heavy atom. The Kier molecular flexibility index (Phi) is 4.19. The average Bonchev–Trinajstić information content (AvgIpc) is 2.78. The summed E-state index contributed by atoms with van der Waals surface area (Å²) < 4.78 is 11.2. The van der Waals surface area contributed by atoms with Gasteiger partial charge in [0.15, 0.2) is 6.29 Å². The zero-order chi connectivity index (χ0) is 12.3. The van der Waals surface area contributed by atoms with Crippen LogP contribution in [0.1, 0.15) is 37.3 Å². The number of ether oxygens (including phenoxy) is 2. The number of benzene rings is 1. The van der Waals surface area contributed by atoms with Crippen LogP contribution in [0.25, 0.3) is 0 Å². The Morgan fingerprint density at radius 2 is 2.06 bits per heavy atom. The van der Waals surface area contributed by atoms with Gasteiger partial charge in [0.1, 0.15) is 0 Å². The molecule has 0 saturated carbocycles. The molecule has 1 heterocycles. The second-order valence-electron chi connectivity index (χ2n) is 4.91. The van der Waals surface area contributed by atoms with E-state index in [0.717, 1.165) is 19.6 Å². The molecule has 3 atom stereocenters. The van der Waals surface area contributed by atoms with Crippen LogP contribution in [0.5, 0.6) is 0 Å². The van der Waals surface area contributed by atoms with Gasteiger partial charge in [0.25, 0.3) is 0 Å². The molecule has 17 heavy (non-hydrogen) atoms. The minimum atomic E-state index is 0.0119. The molecule has 1 aromatic carbocycles. The highest BCUT2D eigenvalue weighted by Crippen LogP contribution is 2.33. The molecule has 1 fully saturated rings. The van der Waals surface area contributed by atoms with Crippen LogP contribution >= 0.6 is 0 Å². The Bertz CT molecular complexity index is 344. The minimum Gasteiger partial charge on any atom is -0.353 e. The molecule has 3 unspecified atom stereocenters. The highest BCUT2D eigenvalue weighted by molar-refractivity contribution is 5.24. The quantitative estimate of drug-likeness (QED) is 0.794. The predicted molar refractivity (Wildman–Crippen MR) is 69.1 cm³/mol. The van der Waals surface area contributed by atoms with Gasteiger partial charge in [-0.2, -0.15) is 0 Å². The van der Waals surface area contributed by atoms with Gasteiger partial charge in [-0.15, -0.1) is 0 Å². The number of rotatable bonds is 4. The first kappa shape index (κ1) is 12.6. The van der Waals surface area contributed by atoms with Crippen molar-refractivity contribution in [2.45, 2.75) is 39.4 Å². The van der Waals surface area contributed by atoms with Crippen LogP contribution in [-0.4, -0.2) is 19.5 Å². The minimum absolute atomic E-state index is 0.0119. The van der Waals surface area contributed by atoms with E-state index < -0.39 is 0 Å². The molecule has 1 saturated heterocycles. The molecule has 0 aromatic heterocycles. The lowest BCUT2D eigenvalue weighted by atomic mass is 9.86. The van der Waals surface area contributed by atoms with Gasteiger partial charge in [-0.05, 0) is 31.2 Å². The van der Waals surface area contributed by atoms with Gasteiger partial charge in [0.2, 0.25) is 0 Å². The maximum Gasteiger partial charge on any atom is 0.157 e. The molecule has 94 valence electrons. The summed E-state index contributed by atoms with van der Waals surface area (Å²) in [6.07, 6.45) is 1.03. The van der Waals surface area contributed by atoms with Crippen molar-refractivity contribution in [3.63, 3.8) is 0 Å². The smallest absolute Gasteiger partial charge is 0.157 e. The molecule has 0 radical (unpaired) electrons. The third kappa shape index (κ3) is 3.08. The molecule has 2 rings (SSSR count). The van der Waals surface area contributed by atoms with Crippen LogP contribution < -0.4 is 0 Å². The van der Waals surface area contributed by atoms with Crippen molar-refractivity contribution in [3.05, 3.63) is 35.4 Å². The first-order valence-electron chi connectivity index (χ1n) is 6.50. The number of hydrogen-bond acceptors (Lipinski definition) is 2. The van der Waals surface area contributed by atoms with Gasteiger partial charge in [-0.1, -0.05) is 36.8 Å². The summed E-state index contributed by atoms with van der Waals surface area (Å²) in [6, 6.07) is 8.82. The normalized spacial score (nSPS) is 26.1. The number of hydrogen-bond donors (Lipinski definition) is 0. The molecule has 2 heteroatoms. The van der Waals surface area contributed by atoms with E-state index in [4.69, 9.17) is 9.47 Å². The Balaban J connectivity index is 1.96. The molecule has 0 aliphatic carbocycles. The van der Waals surface area contributed by atoms with Gasteiger partial charge in [0.05, 0.1) is 6.61 Å². The van der Waals surface area contributed by atoms with Crippen molar-refractivity contribution in [1.29, 1.82) is 0 Å². The highest BCUT2D eigenvalue weighted by Gasteiger charge is 2.30. The predicted octanol–water partition coefficient (Wildman–Crippen LogP) is 3.50. The number of aryl methyl sites for hydroxylation is 1. The van der Waals surface area contributed by atoms with Crippen LogP contribution in [0.3, 0.4) is 0 Å². The van der Waals surface area contributed by atoms with E-state index in [1.165, 1.54) is 11.1 Å². The highest BCUT2D eigenvalue weighted by atomic mass is 16.7. The SMILES string of the molecule is CCOC1CC(C(C)c2ccc(C)cc2)CO1. The van der Waals surface area contributed by atoms with Crippen molar-refractivity contribution in [3.8, 4) is 0 Å². The second-order valence-corrected chi connectivity index (χ2v) is 4.91. The topological polar surface area (TPSA) is 18.5 Å². The van der Waals surface area contributed by atoms with E-state index in [2.05, 4.69) is 38.1 Å². The molecule has 2 nitrogen and oxygen atoms in total. The van der Waals surface area contributed by atoms with Crippen molar-refractivity contribution >= 4 is 0 Å². The van der Waals surface area contributed by atoms with Gasteiger partial charge in [-0.25, -0.2) is 0 Å². The molecule has 1 aliphatic rings. The zero-order valence-electron chi connectivity index (χ0n) is 11.0. The van der Waals surface area contributed by atoms with E-state index in [1.54, 1.807) is 0 Å². The Morgan fingerprint density at radius 1 is 1.35 bits per heavy atom. The zero-order valence-corrected chi connectivity index (χ0v) is 11.0. The first-order valence-corrected chi connectivity index (χ1v) is 6.50. The Hall–Kier alpha value is -0.860. The fourth-order valence-electron chi connectivity index (χ4n) is 2.41. The van der Waals surface area contributed by atoms with Crippen LogP contribution in [0.4, 0.5) is 0 Å². The molecule has 0 bridgehead atoms. The van der Waals surface area contributed by atoms with Crippen molar-refractivity contribution in [2.75, 3.05) is 13.2 Å². The van der Waals surface area contributed by atoms with E-state index in [0.29, 0.717) is 11.8 Å². The van der Waals surface area contributed by atoms with Gasteiger partial charge >= 0.3 is 0 Å². The summed E-state index contributed by atoms with van der Waals surface area (Å²) in [7, 11) is 0. The van der Waals surface area contributed by atoms with Crippen molar-refractivity contribution in [1.82, 2.24) is 0 Å². The third-order valence-corrected chi connectivity index (χ3v) is 3.65. The maximum absolute atomic E-state index is 5.65. The molecular weight excluding hydrogens is 212 g/mol. The van der Waals surface area contributed by atoms with E-state index in [-0.39, 0.29) is 6.29 Å². The molecule has 1 aromatic rings. The van der Waals surface area contributed by atoms with Crippen LogP contribution in [-0.2, 0) is 9.47 Å². The van der Waals surface area contributed by atoms with Crippen molar-refractivity contribution in [2.24, 2.45) is 5.92 Å². The summed E-state index contributed by atoms with van der Waals surface area (Å²) in [5.74, 6) is 1.12. The Labute approximate surface area is 104 Å². The molecule has 0 spiro atoms. The largest absolute Gasteiger partial charge is 0.353 e. The molecule has 0 N–H and O–H groups in total. The lowest BCUT2D eigenvalue weighted by molar-refractivity contribution is -0.106. The monoisotopic (exact) mass is 234 g/mol. The average molecular weight is 234 g/mol. The van der Waals surface area contributed by atoms with Crippen LogP contribution in [0.15, 0.2) is 24.3 Å². The maximum atomic E-state index is 5.65. The molecular formula is C15H22O2. The summed E-state index contributed by atoms with van der Waals surface area (Å²) >= 11 is 0. The van der Waals surface area contributed by atoms with Gasteiger partial charge in [0, 0.05) is 13.0 Å². The van der Waals surface area contributed by atoms with E-state index in [1.807, 2.05) is 6.92 Å². The van der Waals surface area contributed by atoms with Gasteiger partial charge in [-0.3, -0.25) is 0 Å². The summed E-state index contributed by atoms with van der Waals surface area (Å²) in [6.45, 7) is 7.97. The summed E-state index contributed by atoms with van der Waals surface area (Å²) in [5.41, 5.74) is 2.72. The van der Waals surface area contributed by atoms with Gasteiger partial charge < -0.3 is 9.47 Å².